The Kier molecular flexibility index (Phi) is 2.13. The molecule has 0 saturated carbocycles. The van der Waals surface area contributed by atoms with E-state index in [4.69, 9.17) is 4.74 Å². The third-order valence-corrected chi connectivity index (χ3v) is 2.69. The molecule has 0 saturated heterocycles. The van der Waals surface area contributed by atoms with Crippen LogP contribution in [0.2, 0.25) is 25.7 Å². The number of hydrogen-bond donors (Lipinski definition) is 0. The molecule has 0 aliphatic carbocycles. The lowest BCUT2D eigenvalue weighted by Crippen LogP contribution is -2.23. The van der Waals surface area contributed by atoms with Crippen molar-refractivity contribution in [3.63, 3.8) is 0 Å². The van der Waals surface area contributed by atoms with E-state index >= 15 is 0 Å². The van der Waals surface area contributed by atoms with Crippen molar-refractivity contribution in [1.29, 1.82) is 0 Å². The Morgan fingerprint density at radius 1 is 1.50 bits per heavy atom. The van der Waals surface area contributed by atoms with Crippen molar-refractivity contribution in [3.8, 4) is 0 Å². The highest BCUT2D eigenvalue weighted by Gasteiger charge is 2.19. The number of rotatable bonds is 2. The largest absolute Gasteiger partial charge is 0.479 e. The Morgan fingerprint density at radius 3 is 2.60 bits per heavy atom. The van der Waals surface area contributed by atoms with E-state index in [1.54, 1.807) is 0 Å². The molecule has 0 aromatic carbocycles. The average molecular weight is 157 g/mol. The van der Waals surface area contributed by atoms with E-state index < -0.39 is 8.07 Å². The van der Waals surface area contributed by atoms with Crippen molar-refractivity contribution in [2.45, 2.75) is 25.7 Å². The van der Waals surface area contributed by atoms with Gasteiger partial charge in [0.25, 0.3) is 0 Å². The highest BCUT2D eigenvalue weighted by molar-refractivity contribution is 6.78. The molecule has 2 nitrogen and oxygen atoms in total. The summed E-state index contributed by atoms with van der Waals surface area (Å²) < 4.78 is 5.31. The maximum absolute atomic E-state index is 5.31. The topological polar surface area (TPSA) is 21.6 Å². The summed E-state index contributed by atoms with van der Waals surface area (Å²) in [6.07, 6.45) is 0. The second kappa shape index (κ2) is 2.74. The molecule has 0 aromatic rings. The van der Waals surface area contributed by atoms with Crippen LogP contribution in [0, 0.1) is 0 Å². The second-order valence-electron chi connectivity index (χ2n) is 3.86. The lowest BCUT2D eigenvalue weighted by atomic mass is 10.7. The van der Waals surface area contributed by atoms with Gasteiger partial charge in [-0.15, -0.1) is 0 Å². The zero-order valence-electron chi connectivity index (χ0n) is 6.98. The number of aliphatic imine (C=N–C) groups is 1. The Labute approximate surface area is 63.3 Å². The SMILES string of the molecule is C[Si](C)(C)CC1=NCCO1. The minimum absolute atomic E-state index is 0.805. The highest BCUT2D eigenvalue weighted by atomic mass is 28.3. The predicted octanol–water partition coefficient (Wildman–Crippen LogP) is 1.75. The molecule has 0 fully saturated rings. The van der Waals surface area contributed by atoms with E-state index in [1.807, 2.05) is 0 Å². The van der Waals surface area contributed by atoms with Crippen LogP contribution in [-0.4, -0.2) is 27.1 Å². The van der Waals surface area contributed by atoms with Crippen LogP contribution < -0.4 is 0 Å². The Hall–Kier alpha value is -0.313. The molecule has 1 heterocycles. The molecule has 0 radical (unpaired) electrons. The van der Waals surface area contributed by atoms with Crippen molar-refractivity contribution in [2.24, 2.45) is 4.99 Å². The first-order valence-electron chi connectivity index (χ1n) is 3.74. The van der Waals surface area contributed by atoms with Crippen molar-refractivity contribution in [3.05, 3.63) is 0 Å². The number of hydrogen-bond acceptors (Lipinski definition) is 2. The predicted molar refractivity (Wildman–Crippen MR) is 46.4 cm³/mol. The number of ether oxygens (including phenoxy) is 1. The molecule has 58 valence electrons. The molecule has 1 aliphatic rings. The molecular formula is C7H15NOSi. The van der Waals surface area contributed by atoms with Crippen molar-refractivity contribution in [2.75, 3.05) is 13.2 Å². The summed E-state index contributed by atoms with van der Waals surface area (Å²) in [6.45, 7) is 8.67. The standard InChI is InChI=1S/C7H15NOSi/c1-10(2,3)6-7-8-4-5-9-7/h4-6H2,1-3H3. The lowest BCUT2D eigenvalue weighted by molar-refractivity contribution is 0.344. The molecule has 0 amide bonds. The van der Waals surface area contributed by atoms with Crippen LogP contribution in [0.25, 0.3) is 0 Å². The summed E-state index contributed by atoms with van der Waals surface area (Å²) in [5, 5.41) is 0. The van der Waals surface area contributed by atoms with Crippen LogP contribution >= 0.6 is 0 Å². The smallest absolute Gasteiger partial charge is 0.180 e. The van der Waals surface area contributed by atoms with Crippen LogP contribution in [0.5, 0.6) is 0 Å². The maximum Gasteiger partial charge on any atom is 0.180 e. The van der Waals surface area contributed by atoms with Crippen LogP contribution in [0.15, 0.2) is 4.99 Å². The third-order valence-electron chi connectivity index (χ3n) is 1.33. The van der Waals surface area contributed by atoms with E-state index in [2.05, 4.69) is 24.6 Å². The van der Waals surface area contributed by atoms with Gasteiger partial charge < -0.3 is 4.74 Å². The van der Waals surface area contributed by atoms with Crippen LogP contribution in [0.1, 0.15) is 0 Å². The highest BCUT2D eigenvalue weighted by Crippen LogP contribution is 2.12. The fourth-order valence-corrected chi connectivity index (χ4v) is 2.06. The van der Waals surface area contributed by atoms with Gasteiger partial charge in [0.15, 0.2) is 5.90 Å². The molecule has 10 heavy (non-hydrogen) atoms. The molecule has 0 N–H and O–H groups in total. The van der Waals surface area contributed by atoms with E-state index in [1.165, 1.54) is 0 Å². The fourth-order valence-electron chi connectivity index (χ4n) is 0.940. The van der Waals surface area contributed by atoms with Crippen LogP contribution in [0.3, 0.4) is 0 Å². The van der Waals surface area contributed by atoms with E-state index in [0.29, 0.717) is 0 Å². The van der Waals surface area contributed by atoms with Gasteiger partial charge in [0.1, 0.15) is 6.61 Å². The normalized spacial score (nSPS) is 18.5. The minimum atomic E-state index is -0.978. The quantitative estimate of drug-likeness (QED) is 0.560. The first kappa shape index (κ1) is 7.79. The van der Waals surface area contributed by atoms with Gasteiger partial charge in [-0.05, 0) is 0 Å². The molecule has 0 unspecified atom stereocenters. The molecule has 0 spiro atoms. The van der Waals surface area contributed by atoms with Gasteiger partial charge in [-0.3, -0.25) is 4.99 Å². The zero-order chi connectivity index (χ0) is 7.61. The third kappa shape index (κ3) is 2.52. The molecule has 1 aliphatic heterocycles. The molecular weight excluding hydrogens is 142 g/mol. The second-order valence-corrected chi connectivity index (χ2v) is 9.34. The summed E-state index contributed by atoms with van der Waals surface area (Å²) in [5.74, 6) is 0.999. The zero-order valence-corrected chi connectivity index (χ0v) is 7.98. The van der Waals surface area contributed by atoms with Gasteiger partial charge >= 0.3 is 0 Å². The molecule has 3 heteroatoms. The molecule has 0 aromatic heterocycles. The Morgan fingerprint density at radius 2 is 2.20 bits per heavy atom. The number of nitrogens with zero attached hydrogens (tertiary/aromatic N) is 1. The summed E-state index contributed by atoms with van der Waals surface area (Å²) >= 11 is 0. The van der Waals surface area contributed by atoms with Crippen molar-refractivity contribution < 1.29 is 4.74 Å². The monoisotopic (exact) mass is 157 g/mol. The van der Waals surface area contributed by atoms with Crippen molar-refractivity contribution >= 4 is 14.0 Å². The van der Waals surface area contributed by atoms with Crippen LogP contribution in [0.4, 0.5) is 0 Å². The van der Waals surface area contributed by atoms with Crippen molar-refractivity contribution in [1.82, 2.24) is 0 Å². The van der Waals surface area contributed by atoms with Gasteiger partial charge in [0.05, 0.1) is 14.6 Å². The Bertz CT molecular complexity index is 148. The first-order chi connectivity index (χ1) is 4.58. The van der Waals surface area contributed by atoms with Gasteiger partial charge in [0, 0.05) is 6.04 Å². The van der Waals surface area contributed by atoms with Gasteiger partial charge in [-0.2, -0.15) is 0 Å². The maximum atomic E-state index is 5.31. The fraction of sp³-hybridized carbons (Fsp3) is 0.857. The molecule has 0 atom stereocenters. The summed E-state index contributed by atoms with van der Waals surface area (Å²) in [4.78, 5) is 4.25. The average Bonchev–Trinajstić information content (AvgIpc) is 2.12. The van der Waals surface area contributed by atoms with Gasteiger partial charge in [-0.1, -0.05) is 19.6 Å². The Balaban J connectivity index is 2.38. The van der Waals surface area contributed by atoms with E-state index in [9.17, 15) is 0 Å². The first-order valence-corrected chi connectivity index (χ1v) is 7.45. The summed E-state index contributed by atoms with van der Waals surface area (Å²) in [7, 11) is -0.978. The lowest BCUT2D eigenvalue weighted by Gasteiger charge is -2.14. The summed E-state index contributed by atoms with van der Waals surface area (Å²) in [6, 6.07) is 1.10. The van der Waals surface area contributed by atoms with Gasteiger partial charge in [0.2, 0.25) is 0 Å². The van der Waals surface area contributed by atoms with Gasteiger partial charge in [-0.25, -0.2) is 0 Å². The molecule has 0 bridgehead atoms. The minimum Gasteiger partial charge on any atom is -0.479 e. The van der Waals surface area contributed by atoms with E-state index in [0.717, 1.165) is 25.1 Å². The molecule has 1 rings (SSSR count). The van der Waals surface area contributed by atoms with E-state index in [-0.39, 0.29) is 0 Å². The van der Waals surface area contributed by atoms with Crippen LogP contribution in [-0.2, 0) is 4.74 Å². The summed E-state index contributed by atoms with van der Waals surface area (Å²) in [5.41, 5.74) is 0.